The molecule has 10 heteroatoms. The number of anilines is 2. The smallest absolute Gasteiger partial charge is 0.275 e. The van der Waals surface area contributed by atoms with Crippen molar-refractivity contribution in [3.63, 3.8) is 0 Å². The quantitative estimate of drug-likeness (QED) is 0.618. The maximum atomic E-state index is 12.6. The van der Waals surface area contributed by atoms with Gasteiger partial charge in [0.25, 0.3) is 15.9 Å². The van der Waals surface area contributed by atoms with Gasteiger partial charge in [0, 0.05) is 12.7 Å². The van der Waals surface area contributed by atoms with Crippen molar-refractivity contribution in [3.8, 4) is 5.75 Å². The van der Waals surface area contributed by atoms with Crippen molar-refractivity contribution in [1.29, 1.82) is 0 Å². The molecular formula is C19H19ClN4O4S. The molecule has 0 unspecified atom stereocenters. The van der Waals surface area contributed by atoms with Crippen molar-refractivity contribution in [1.82, 2.24) is 9.78 Å². The summed E-state index contributed by atoms with van der Waals surface area (Å²) in [6, 6.07) is 12.5. The molecule has 0 aliphatic carbocycles. The molecule has 0 bridgehead atoms. The molecule has 1 aromatic heterocycles. The number of nitrogens with zero attached hydrogens (tertiary/aromatic N) is 2. The van der Waals surface area contributed by atoms with Crippen molar-refractivity contribution >= 4 is 38.9 Å². The van der Waals surface area contributed by atoms with Crippen molar-refractivity contribution in [2.45, 2.75) is 11.8 Å². The number of sulfonamides is 1. The minimum Gasteiger partial charge on any atom is -0.495 e. The largest absolute Gasteiger partial charge is 0.495 e. The van der Waals surface area contributed by atoms with Crippen LogP contribution >= 0.6 is 11.6 Å². The number of rotatable bonds is 6. The summed E-state index contributed by atoms with van der Waals surface area (Å²) in [4.78, 5) is 12.5. The van der Waals surface area contributed by atoms with E-state index in [4.69, 9.17) is 16.3 Å². The second-order valence-corrected chi connectivity index (χ2v) is 8.22. The highest BCUT2D eigenvalue weighted by atomic mass is 35.5. The molecule has 29 heavy (non-hydrogen) atoms. The van der Waals surface area contributed by atoms with Gasteiger partial charge in [0.1, 0.15) is 11.4 Å². The number of aromatic nitrogens is 2. The van der Waals surface area contributed by atoms with Gasteiger partial charge in [-0.05, 0) is 43.3 Å². The molecule has 0 atom stereocenters. The predicted molar refractivity (Wildman–Crippen MR) is 111 cm³/mol. The molecule has 0 aliphatic heterocycles. The van der Waals surface area contributed by atoms with E-state index < -0.39 is 15.9 Å². The Morgan fingerprint density at radius 1 is 1.14 bits per heavy atom. The number of amides is 1. The SMILES string of the molecule is COc1ccccc1NS(=O)(=O)c1ccc(NC(=O)c2c(Cl)c(C)nn2C)cc1. The number of hydrogen-bond donors (Lipinski definition) is 2. The Balaban J connectivity index is 1.78. The molecule has 2 N–H and O–H groups in total. The third-order valence-corrected chi connectivity index (χ3v) is 5.97. The molecule has 0 spiro atoms. The van der Waals surface area contributed by atoms with Gasteiger partial charge in [-0.3, -0.25) is 14.2 Å². The van der Waals surface area contributed by atoms with E-state index in [-0.39, 0.29) is 15.6 Å². The summed E-state index contributed by atoms with van der Waals surface area (Å²) in [6.45, 7) is 1.70. The molecule has 1 heterocycles. The Bertz CT molecular complexity index is 1160. The first-order chi connectivity index (χ1) is 13.7. The van der Waals surface area contributed by atoms with Gasteiger partial charge in [0.15, 0.2) is 0 Å². The number of methoxy groups -OCH3 is 1. The number of para-hydroxylation sites is 2. The molecule has 0 aliphatic rings. The van der Waals surface area contributed by atoms with Crippen LogP contribution in [-0.4, -0.2) is 31.2 Å². The molecule has 0 fully saturated rings. The molecule has 3 aromatic rings. The number of ether oxygens (including phenoxy) is 1. The fourth-order valence-electron chi connectivity index (χ4n) is 2.72. The van der Waals surface area contributed by atoms with Crippen LogP contribution in [0.5, 0.6) is 5.75 Å². The molecule has 152 valence electrons. The fourth-order valence-corrected chi connectivity index (χ4v) is 4.04. The molecule has 8 nitrogen and oxygen atoms in total. The van der Waals surface area contributed by atoms with Crippen LogP contribution in [0.1, 0.15) is 16.2 Å². The second-order valence-electron chi connectivity index (χ2n) is 6.16. The number of carbonyl (C=O) groups excluding carboxylic acids is 1. The number of aryl methyl sites for hydroxylation is 2. The van der Waals surface area contributed by atoms with Crippen LogP contribution < -0.4 is 14.8 Å². The summed E-state index contributed by atoms with van der Waals surface area (Å²) < 4.78 is 34.3. The van der Waals surface area contributed by atoms with Crippen molar-refractivity contribution in [3.05, 3.63) is 64.9 Å². The van der Waals surface area contributed by atoms with Gasteiger partial charge in [0.05, 0.1) is 28.4 Å². The lowest BCUT2D eigenvalue weighted by Crippen LogP contribution is -2.17. The Hall–Kier alpha value is -3.04. The lowest BCUT2D eigenvalue weighted by Gasteiger charge is -2.12. The first-order valence-electron chi connectivity index (χ1n) is 8.49. The van der Waals surface area contributed by atoms with E-state index in [1.165, 1.54) is 36.1 Å². The van der Waals surface area contributed by atoms with Gasteiger partial charge in [-0.2, -0.15) is 5.10 Å². The molecule has 0 radical (unpaired) electrons. The summed E-state index contributed by atoms with van der Waals surface area (Å²) in [7, 11) is -0.754. The molecule has 0 saturated carbocycles. The number of hydrogen-bond acceptors (Lipinski definition) is 5. The van der Waals surface area contributed by atoms with E-state index in [9.17, 15) is 13.2 Å². The van der Waals surface area contributed by atoms with Gasteiger partial charge < -0.3 is 10.1 Å². The van der Waals surface area contributed by atoms with E-state index in [1.807, 2.05) is 0 Å². The van der Waals surface area contributed by atoms with Gasteiger partial charge in [0.2, 0.25) is 0 Å². The van der Waals surface area contributed by atoms with E-state index in [1.54, 1.807) is 38.2 Å². The van der Waals surface area contributed by atoms with Crippen LogP contribution in [0.3, 0.4) is 0 Å². The topological polar surface area (TPSA) is 102 Å². The van der Waals surface area contributed by atoms with Crippen LogP contribution in [0.15, 0.2) is 53.4 Å². The number of nitrogens with one attached hydrogen (secondary N) is 2. The molecule has 2 aromatic carbocycles. The zero-order chi connectivity index (χ0) is 21.2. The average Bonchev–Trinajstić information content (AvgIpc) is 2.94. The first-order valence-corrected chi connectivity index (χ1v) is 10.4. The third-order valence-electron chi connectivity index (χ3n) is 4.14. The standard InChI is InChI=1S/C19H19ClN4O4S/c1-12-17(20)18(24(2)22-12)19(25)21-13-8-10-14(11-9-13)29(26,27)23-15-6-4-5-7-16(15)28-3/h4-11,23H,1-3H3,(H,21,25). The predicted octanol–water partition coefficient (Wildman–Crippen LogP) is 3.44. The van der Waals surface area contributed by atoms with Crippen LogP contribution in [-0.2, 0) is 17.1 Å². The maximum absolute atomic E-state index is 12.6. The van der Waals surface area contributed by atoms with Gasteiger partial charge in [-0.15, -0.1) is 0 Å². The summed E-state index contributed by atoms with van der Waals surface area (Å²) in [5.41, 5.74) is 1.51. The Labute approximate surface area is 173 Å². The van der Waals surface area contributed by atoms with Gasteiger partial charge in [-0.1, -0.05) is 23.7 Å². The number of benzene rings is 2. The monoisotopic (exact) mass is 434 g/mol. The minimum atomic E-state index is -3.83. The lowest BCUT2D eigenvalue weighted by molar-refractivity contribution is 0.101. The third kappa shape index (κ3) is 4.36. The molecule has 0 saturated heterocycles. The van der Waals surface area contributed by atoms with Gasteiger partial charge >= 0.3 is 0 Å². The van der Waals surface area contributed by atoms with Crippen molar-refractivity contribution < 1.29 is 17.9 Å². The van der Waals surface area contributed by atoms with Crippen molar-refractivity contribution in [2.24, 2.45) is 7.05 Å². The first kappa shape index (κ1) is 20.7. The van der Waals surface area contributed by atoms with Gasteiger partial charge in [-0.25, -0.2) is 8.42 Å². The molecule has 1 amide bonds. The van der Waals surface area contributed by atoms with E-state index >= 15 is 0 Å². The van der Waals surface area contributed by atoms with E-state index in [0.29, 0.717) is 22.8 Å². The van der Waals surface area contributed by atoms with E-state index in [0.717, 1.165) is 0 Å². The van der Waals surface area contributed by atoms with Crippen LogP contribution in [0, 0.1) is 6.92 Å². The highest BCUT2D eigenvalue weighted by molar-refractivity contribution is 7.92. The van der Waals surface area contributed by atoms with Crippen LogP contribution in [0.2, 0.25) is 5.02 Å². The maximum Gasteiger partial charge on any atom is 0.275 e. The highest BCUT2D eigenvalue weighted by Crippen LogP contribution is 2.27. The lowest BCUT2D eigenvalue weighted by atomic mass is 10.3. The minimum absolute atomic E-state index is 0.0378. The van der Waals surface area contributed by atoms with Crippen LogP contribution in [0.4, 0.5) is 11.4 Å². The average molecular weight is 435 g/mol. The number of halogens is 1. The van der Waals surface area contributed by atoms with Crippen molar-refractivity contribution in [2.75, 3.05) is 17.1 Å². The molecular weight excluding hydrogens is 416 g/mol. The van der Waals surface area contributed by atoms with Crippen LogP contribution in [0.25, 0.3) is 0 Å². The second kappa shape index (κ2) is 8.14. The zero-order valence-electron chi connectivity index (χ0n) is 15.9. The summed E-state index contributed by atoms with van der Waals surface area (Å²) in [6.07, 6.45) is 0. The number of carbonyl (C=O) groups is 1. The Morgan fingerprint density at radius 3 is 2.38 bits per heavy atom. The summed E-state index contributed by atoms with van der Waals surface area (Å²) in [5.74, 6) is -0.0378. The Morgan fingerprint density at radius 2 is 1.79 bits per heavy atom. The highest BCUT2D eigenvalue weighted by Gasteiger charge is 2.20. The zero-order valence-corrected chi connectivity index (χ0v) is 17.5. The van der Waals surface area contributed by atoms with E-state index in [2.05, 4.69) is 15.1 Å². The fraction of sp³-hybridized carbons (Fsp3) is 0.158. The summed E-state index contributed by atoms with van der Waals surface area (Å²) in [5, 5.41) is 7.05. The normalized spacial score (nSPS) is 11.2. The summed E-state index contributed by atoms with van der Waals surface area (Å²) >= 11 is 6.12. The molecule has 3 rings (SSSR count). The Kier molecular flexibility index (Phi) is 5.81.